The van der Waals surface area contributed by atoms with E-state index in [1.807, 2.05) is 12.5 Å². The molecule has 0 aromatic carbocycles. The summed E-state index contributed by atoms with van der Waals surface area (Å²) in [5, 5.41) is 4.10. The summed E-state index contributed by atoms with van der Waals surface area (Å²) in [6.07, 6.45) is 5.34. The van der Waals surface area contributed by atoms with Crippen LogP contribution in [0.2, 0.25) is 0 Å². The van der Waals surface area contributed by atoms with Crippen molar-refractivity contribution in [1.29, 1.82) is 0 Å². The van der Waals surface area contributed by atoms with Gasteiger partial charge in [-0.1, -0.05) is 5.16 Å². The fourth-order valence-corrected chi connectivity index (χ4v) is 1.16. The first-order valence-electron chi connectivity index (χ1n) is 2.33. The van der Waals surface area contributed by atoms with E-state index in [0.717, 1.165) is 0 Å². The second-order valence-electron chi connectivity index (χ2n) is 1.98. The van der Waals surface area contributed by atoms with Crippen LogP contribution in [-0.4, -0.2) is 22.7 Å². The topological polar surface area (TPSA) is 38.9 Å². The van der Waals surface area contributed by atoms with E-state index in [9.17, 15) is 0 Å². The molecule has 0 aliphatic carbocycles. The molecule has 0 spiro atoms. The lowest BCUT2D eigenvalue weighted by Gasteiger charge is -2.16. The van der Waals surface area contributed by atoms with Crippen LogP contribution in [0.3, 0.4) is 0 Å². The third kappa shape index (κ3) is 1.62. The summed E-state index contributed by atoms with van der Waals surface area (Å²) in [6.45, 7) is 0. The molecule has 1 aromatic rings. The molecule has 52 valence electrons. The van der Waals surface area contributed by atoms with Crippen molar-refractivity contribution in [3.63, 3.8) is 0 Å². The van der Waals surface area contributed by atoms with Gasteiger partial charge < -0.3 is 4.52 Å². The average Bonchev–Trinajstić information content (AvgIpc) is 2.08. The molecular formula is C4H8N2OS2. The fraction of sp³-hybridized carbons (Fsp3) is 0.500. The zero-order valence-electron chi connectivity index (χ0n) is 5.24. The van der Waals surface area contributed by atoms with Gasteiger partial charge in [-0.3, -0.25) is 0 Å². The Balaban J connectivity index is 2.90. The standard InChI is InChI=1S/C4H8N2OS2/c1-9(2,8)4-5-3-6-7-4/h3,8H,1-2H3. The first-order chi connectivity index (χ1) is 4.11. The van der Waals surface area contributed by atoms with Crippen molar-refractivity contribution in [1.82, 2.24) is 10.1 Å². The van der Waals surface area contributed by atoms with E-state index in [0.29, 0.717) is 5.22 Å². The highest BCUT2D eigenvalue weighted by Crippen LogP contribution is 2.51. The van der Waals surface area contributed by atoms with Gasteiger partial charge in [-0.25, -0.2) is 0 Å². The van der Waals surface area contributed by atoms with E-state index in [4.69, 9.17) is 4.52 Å². The Kier molecular flexibility index (Phi) is 1.72. The maximum atomic E-state index is 4.80. The van der Waals surface area contributed by atoms with E-state index in [1.165, 1.54) is 6.33 Å². The predicted molar refractivity (Wildman–Crippen MR) is 41.0 cm³/mol. The molecule has 0 saturated heterocycles. The van der Waals surface area contributed by atoms with Crippen LogP contribution in [0.5, 0.6) is 0 Å². The van der Waals surface area contributed by atoms with Crippen molar-refractivity contribution >= 4 is 20.7 Å². The van der Waals surface area contributed by atoms with Gasteiger partial charge in [0.25, 0.3) is 5.22 Å². The summed E-state index contributed by atoms with van der Waals surface area (Å²) in [7, 11) is -1.11. The number of nitrogens with zero attached hydrogens (tertiary/aromatic N) is 2. The van der Waals surface area contributed by atoms with Crippen LogP contribution in [0.15, 0.2) is 16.1 Å². The second kappa shape index (κ2) is 2.22. The quantitative estimate of drug-likeness (QED) is 0.503. The minimum atomic E-state index is -1.11. The first kappa shape index (κ1) is 6.95. The normalized spacial score (nSPS) is 13.7. The van der Waals surface area contributed by atoms with Crippen molar-refractivity contribution in [2.45, 2.75) is 5.22 Å². The second-order valence-corrected chi connectivity index (χ2v) is 7.61. The third-order valence-corrected chi connectivity index (χ3v) is 2.27. The molecule has 0 radical (unpaired) electrons. The Hall–Kier alpha value is -0.160. The molecule has 5 heteroatoms. The Labute approximate surface area is 60.0 Å². The van der Waals surface area contributed by atoms with Gasteiger partial charge in [-0.15, -0.1) is 20.7 Å². The predicted octanol–water partition coefficient (Wildman–Crippen LogP) is 1.34. The summed E-state index contributed by atoms with van der Waals surface area (Å²) in [4.78, 5) is 3.87. The van der Waals surface area contributed by atoms with Crippen molar-refractivity contribution in [3.05, 3.63) is 6.33 Å². The van der Waals surface area contributed by atoms with Crippen LogP contribution in [-0.2, 0) is 0 Å². The largest absolute Gasteiger partial charge is 0.328 e. The van der Waals surface area contributed by atoms with Crippen LogP contribution in [0.25, 0.3) is 0 Å². The summed E-state index contributed by atoms with van der Waals surface area (Å²) >= 11 is 4.30. The van der Waals surface area contributed by atoms with Gasteiger partial charge >= 0.3 is 0 Å². The Bertz CT molecular complexity index is 179. The molecule has 0 N–H and O–H groups in total. The zero-order chi connectivity index (χ0) is 6.91. The van der Waals surface area contributed by atoms with Crippen molar-refractivity contribution in [2.75, 3.05) is 12.5 Å². The minimum Gasteiger partial charge on any atom is -0.328 e. The fourth-order valence-electron chi connectivity index (χ4n) is 0.383. The van der Waals surface area contributed by atoms with Gasteiger partial charge in [0.15, 0.2) is 6.33 Å². The molecule has 0 amide bonds. The Morgan fingerprint density at radius 1 is 1.67 bits per heavy atom. The van der Waals surface area contributed by atoms with Gasteiger partial charge in [0.2, 0.25) is 0 Å². The van der Waals surface area contributed by atoms with Crippen molar-refractivity contribution in [3.8, 4) is 0 Å². The van der Waals surface area contributed by atoms with Gasteiger partial charge in [0.05, 0.1) is 0 Å². The summed E-state index contributed by atoms with van der Waals surface area (Å²) in [5.74, 6) is 0. The Morgan fingerprint density at radius 3 is 2.56 bits per heavy atom. The number of hydrogen-bond donors (Lipinski definition) is 1. The zero-order valence-corrected chi connectivity index (χ0v) is 6.95. The summed E-state index contributed by atoms with van der Waals surface area (Å²) in [6, 6.07) is 0. The van der Waals surface area contributed by atoms with E-state index in [1.54, 1.807) is 0 Å². The summed E-state index contributed by atoms with van der Waals surface area (Å²) in [5.41, 5.74) is 0. The van der Waals surface area contributed by atoms with Gasteiger partial charge in [0.1, 0.15) is 0 Å². The van der Waals surface area contributed by atoms with Gasteiger partial charge in [-0.2, -0.15) is 4.98 Å². The molecule has 9 heavy (non-hydrogen) atoms. The van der Waals surface area contributed by atoms with Crippen LogP contribution < -0.4 is 0 Å². The monoisotopic (exact) mass is 164 g/mol. The molecular weight excluding hydrogens is 156 g/mol. The van der Waals surface area contributed by atoms with Crippen LogP contribution in [0, 0.1) is 0 Å². The first-order valence-corrected chi connectivity index (χ1v) is 5.83. The highest BCUT2D eigenvalue weighted by Gasteiger charge is 2.14. The number of hydrogen-bond acceptors (Lipinski definition) is 4. The van der Waals surface area contributed by atoms with Crippen molar-refractivity contribution < 1.29 is 4.52 Å². The van der Waals surface area contributed by atoms with Crippen LogP contribution >= 0.6 is 20.7 Å². The third-order valence-electron chi connectivity index (χ3n) is 0.768. The van der Waals surface area contributed by atoms with Crippen molar-refractivity contribution in [2.24, 2.45) is 0 Å². The van der Waals surface area contributed by atoms with Crippen LogP contribution in [0.4, 0.5) is 0 Å². The molecule has 0 aliphatic rings. The lowest BCUT2D eigenvalue weighted by molar-refractivity contribution is 0.339. The molecule has 3 nitrogen and oxygen atoms in total. The maximum absolute atomic E-state index is 4.80. The van der Waals surface area contributed by atoms with E-state index < -0.39 is 9.06 Å². The Morgan fingerprint density at radius 2 is 2.33 bits per heavy atom. The minimum absolute atomic E-state index is 0.630. The van der Waals surface area contributed by atoms with Gasteiger partial charge in [0, 0.05) is 0 Å². The molecule has 0 unspecified atom stereocenters. The molecule has 0 aliphatic heterocycles. The average molecular weight is 164 g/mol. The van der Waals surface area contributed by atoms with Crippen LogP contribution in [0.1, 0.15) is 0 Å². The molecule has 0 saturated carbocycles. The molecule has 1 heterocycles. The molecule has 1 rings (SSSR count). The van der Waals surface area contributed by atoms with E-state index >= 15 is 0 Å². The van der Waals surface area contributed by atoms with Gasteiger partial charge in [-0.05, 0) is 12.5 Å². The lowest BCUT2D eigenvalue weighted by Crippen LogP contribution is -1.85. The molecule has 0 bridgehead atoms. The van der Waals surface area contributed by atoms with E-state index in [2.05, 4.69) is 21.8 Å². The number of thiol groups is 1. The highest BCUT2D eigenvalue weighted by molar-refractivity contribution is 8.87. The maximum Gasteiger partial charge on any atom is 0.276 e. The molecule has 0 atom stereocenters. The molecule has 0 fully saturated rings. The lowest BCUT2D eigenvalue weighted by atomic mass is 11.3. The van der Waals surface area contributed by atoms with E-state index in [-0.39, 0.29) is 0 Å². The molecule has 1 aromatic heterocycles. The highest BCUT2D eigenvalue weighted by atomic mass is 33.1. The summed E-state index contributed by atoms with van der Waals surface area (Å²) < 4.78 is 4.80. The smallest absolute Gasteiger partial charge is 0.276 e. The number of rotatable bonds is 1. The SMILES string of the molecule is CS(C)(S)c1ncno1. The number of aromatic nitrogens is 2.